The predicted octanol–water partition coefficient (Wildman–Crippen LogP) is 4.18. The molecule has 1 saturated heterocycles. The lowest BCUT2D eigenvalue weighted by Gasteiger charge is -2.45. The average Bonchev–Trinajstić information content (AvgIpc) is 2.79. The van der Waals surface area contributed by atoms with Gasteiger partial charge in [-0.05, 0) is 67.1 Å². The van der Waals surface area contributed by atoms with Crippen molar-refractivity contribution < 1.29 is 23.4 Å². The number of benzene rings is 2. The highest BCUT2D eigenvalue weighted by Gasteiger charge is 2.42. The lowest BCUT2D eigenvalue weighted by molar-refractivity contribution is -0.0927. The number of carbonyl (C=O) groups excluding carboxylic acids is 1. The Labute approximate surface area is 182 Å². The Morgan fingerprint density at radius 1 is 1.13 bits per heavy atom. The lowest BCUT2D eigenvalue weighted by Crippen LogP contribution is -2.51. The first kappa shape index (κ1) is 21.4. The van der Waals surface area contributed by atoms with Crippen molar-refractivity contribution in [2.75, 3.05) is 33.9 Å². The van der Waals surface area contributed by atoms with Gasteiger partial charge in [0.25, 0.3) is 0 Å². The summed E-state index contributed by atoms with van der Waals surface area (Å²) in [5.41, 5.74) is 2.81. The van der Waals surface area contributed by atoms with E-state index < -0.39 is 5.60 Å². The summed E-state index contributed by atoms with van der Waals surface area (Å²) in [5, 5.41) is 3.02. The third-order valence-corrected chi connectivity index (χ3v) is 6.42. The zero-order valence-corrected chi connectivity index (χ0v) is 18.2. The topological polar surface area (TPSA) is 60.0 Å². The number of likely N-dealkylation sites (tertiary alicyclic amines) is 1. The van der Waals surface area contributed by atoms with Crippen molar-refractivity contribution in [2.24, 2.45) is 0 Å². The molecule has 2 aliphatic rings. The van der Waals surface area contributed by atoms with E-state index in [9.17, 15) is 9.18 Å². The van der Waals surface area contributed by atoms with Gasteiger partial charge in [0.2, 0.25) is 0 Å². The molecule has 2 aromatic rings. The second-order valence-electron chi connectivity index (χ2n) is 8.17. The van der Waals surface area contributed by atoms with Crippen LogP contribution in [0.3, 0.4) is 0 Å². The summed E-state index contributed by atoms with van der Waals surface area (Å²) < 4.78 is 30.4. The first-order chi connectivity index (χ1) is 15.0. The van der Waals surface area contributed by atoms with E-state index in [4.69, 9.17) is 14.2 Å². The van der Waals surface area contributed by atoms with Crippen molar-refractivity contribution >= 4 is 6.03 Å². The average molecular weight is 429 g/mol. The lowest BCUT2D eigenvalue weighted by atomic mass is 9.79. The minimum atomic E-state index is -0.410. The van der Waals surface area contributed by atoms with Crippen LogP contribution in [0.4, 0.5) is 9.18 Å². The molecule has 166 valence electrons. The number of rotatable bonds is 4. The van der Waals surface area contributed by atoms with Crippen LogP contribution in [0.5, 0.6) is 11.5 Å². The Hall–Kier alpha value is -2.80. The first-order valence-corrected chi connectivity index (χ1v) is 10.7. The summed E-state index contributed by atoms with van der Waals surface area (Å²) in [5.74, 6) is 1.13. The maximum absolute atomic E-state index is 13.2. The van der Waals surface area contributed by atoms with Gasteiger partial charge in [-0.2, -0.15) is 0 Å². The molecule has 7 heteroatoms. The number of amides is 2. The highest BCUT2D eigenvalue weighted by Crippen LogP contribution is 2.45. The maximum atomic E-state index is 13.2. The number of fused-ring (bicyclic) bond motifs is 2. The number of nitrogens with one attached hydrogen (secondary N) is 1. The first-order valence-electron chi connectivity index (χ1n) is 10.7. The van der Waals surface area contributed by atoms with Gasteiger partial charge in [-0.1, -0.05) is 12.1 Å². The quantitative estimate of drug-likeness (QED) is 0.794. The Morgan fingerprint density at radius 3 is 2.42 bits per heavy atom. The summed E-state index contributed by atoms with van der Waals surface area (Å²) in [6.07, 6.45) is 2.26. The molecule has 0 aliphatic carbocycles. The summed E-state index contributed by atoms with van der Waals surface area (Å²) in [6, 6.07) is 9.96. The Bertz CT molecular complexity index is 939. The smallest absolute Gasteiger partial charge is 0.317 e. The van der Waals surface area contributed by atoms with Gasteiger partial charge in [0.05, 0.1) is 32.5 Å². The van der Waals surface area contributed by atoms with Crippen molar-refractivity contribution in [1.29, 1.82) is 0 Å². The van der Waals surface area contributed by atoms with Gasteiger partial charge in [-0.15, -0.1) is 0 Å². The summed E-state index contributed by atoms with van der Waals surface area (Å²) in [4.78, 5) is 14.6. The predicted molar refractivity (Wildman–Crippen MR) is 115 cm³/mol. The number of ether oxygens (including phenoxy) is 3. The molecule has 2 amide bonds. The second-order valence-corrected chi connectivity index (χ2v) is 8.17. The summed E-state index contributed by atoms with van der Waals surface area (Å²) >= 11 is 0. The van der Waals surface area contributed by atoms with Crippen molar-refractivity contribution in [1.82, 2.24) is 10.2 Å². The van der Waals surface area contributed by atoms with Crippen LogP contribution in [0.25, 0.3) is 0 Å². The number of nitrogens with zero attached hydrogens (tertiary/aromatic N) is 1. The Morgan fingerprint density at radius 2 is 1.77 bits per heavy atom. The molecule has 0 saturated carbocycles. The molecule has 6 nitrogen and oxygen atoms in total. The minimum Gasteiger partial charge on any atom is -0.493 e. The Kier molecular flexibility index (Phi) is 6.05. The normalized spacial score (nSPS) is 18.3. The van der Waals surface area contributed by atoms with Crippen LogP contribution in [0.15, 0.2) is 36.4 Å². The van der Waals surface area contributed by atoms with Gasteiger partial charge in [0.1, 0.15) is 5.82 Å². The van der Waals surface area contributed by atoms with E-state index >= 15 is 0 Å². The van der Waals surface area contributed by atoms with Crippen LogP contribution in [-0.4, -0.2) is 44.8 Å². The van der Waals surface area contributed by atoms with Crippen molar-refractivity contribution in [3.63, 3.8) is 0 Å². The molecule has 1 spiro atoms. The van der Waals surface area contributed by atoms with Gasteiger partial charge in [-0.3, -0.25) is 0 Å². The monoisotopic (exact) mass is 428 g/mol. The molecular weight excluding hydrogens is 399 g/mol. The van der Waals surface area contributed by atoms with Crippen LogP contribution in [0.2, 0.25) is 0 Å². The number of methoxy groups -OCH3 is 2. The van der Waals surface area contributed by atoms with Gasteiger partial charge >= 0.3 is 6.03 Å². The maximum Gasteiger partial charge on any atom is 0.317 e. The van der Waals surface area contributed by atoms with Crippen LogP contribution in [0.1, 0.15) is 42.5 Å². The number of hydrogen-bond donors (Lipinski definition) is 1. The highest BCUT2D eigenvalue weighted by atomic mass is 19.1. The second kappa shape index (κ2) is 8.75. The zero-order chi connectivity index (χ0) is 22.0. The van der Waals surface area contributed by atoms with Crippen LogP contribution in [-0.2, 0) is 16.8 Å². The molecule has 2 heterocycles. The van der Waals surface area contributed by atoms with E-state index in [2.05, 4.69) is 5.32 Å². The molecule has 1 N–H and O–H groups in total. The van der Waals surface area contributed by atoms with Gasteiger partial charge in [0.15, 0.2) is 11.5 Å². The standard InChI is InChI=1S/C24H29FN2O4/c1-16(17-4-6-19(25)7-5-17)26-23(28)27-11-9-24(10-12-27)20-15-22(30-3)21(29-2)14-18(20)8-13-31-24/h4-7,14-16H,8-13H2,1-3H3,(H,26,28)/t16-/m0/s1. The van der Waals surface area contributed by atoms with Crippen LogP contribution < -0.4 is 14.8 Å². The molecule has 31 heavy (non-hydrogen) atoms. The van der Waals surface area contributed by atoms with Crippen LogP contribution in [0, 0.1) is 5.82 Å². The van der Waals surface area contributed by atoms with Gasteiger partial charge < -0.3 is 24.4 Å². The third kappa shape index (κ3) is 4.19. The van der Waals surface area contributed by atoms with E-state index in [0.29, 0.717) is 38.3 Å². The summed E-state index contributed by atoms with van der Waals surface area (Å²) in [7, 11) is 3.28. The van der Waals surface area contributed by atoms with Crippen LogP contribution >= 0.6 is 0 Å². The van der Waals surface area contributed by atoms with Gasteiger partial charge in [-0.25, -0.2) is 9.18 Å². The van der Waals surface area contributed by atoms with Crippen molar-refractivity contribution in [2.45, 2.75) is 37.8 Å². The molecule has 1 atom stereocenters. The highest BCUT2D eigenvalue weighted by molar-refractivity contribution is 5.75. The van der Waals surface area contributed by atoms with E-state index in [0.717, 1.165) is 23.3 Å². The molecule has 1 fully saturated rings. The van der Waals surface area contributed by atoms with E-state index in [1.54, 1.807) is 26.4 Å². The fourth-order valence-electron chi connectivity index (χ4n) is 4.58. The van der Waals surface area contributed by atoms with E-state index in [1.807, 2.05) is 24.0 Å². The molecule has 4 rings (SSSR count). The fourth-order valence-corrected chi connectivity index (χ4v) is 4.58. The van der Waals surface area contributed by atoms with E-state index in [-0.39, 0.29) is 17.9 Å². The number of carbonyl (C=O) groups is 1. The largest absolute Gasteiger partial charge is 0.493 e. The van der Waals surface area contributed by atoms with Crippen molar-refractivity contribution in [3.8, 4) is 11.5 Å². The molecular formula is C24H29FN2O4. The van der Waals surface area contributed by atoms with Crippen molar-refractivity contribution in [3.05, 3.63) is 58.9 Å². The zero-order valence-electron chi connectivity index (χ0n) is 18.2. The number of urea groups is 1. The third-order valence-electron chi connectivity index (χ3n) is 6.42. The number of halogens is 1. The number of hydrogen-bond acceptors (Lipinski definition) is 4. The molecule has 0 aromatic heterocycles. The molecule has 0 bridgehead atoms. The summed E-state index contributed by atoms with van der Waals surface area (Å²) in [6.45, 7) is 3.73. The number of piperidine rings is 1. The van der Waals surface area contributed by atoms with Gasteiger partial charge in [0, 0.05) is 13.1 Å². The molecule has 0 radical (unpaired) electrons. The molecule has 2 aliphatic heterocycles. The molecule has 2 aromatic carbocycles. The van der Waals surface area contributed by atoms with E-state index in [1.165, 1.54) is 17.7 Å². The molecule has 0 unspecified atom stereocenters. The fraction of sp³-hybridized carbons (Fsp3) is 0.458. The minimum absolute atomic E-state index is 0.116. The SMILES string of the molecule is COc1cc2c(cc1OC)C1(CCN(C(=O)N[C@@H](C)c3ccc(F)cc3)CC1)OCC2. The Balaban J connectivity index is 1.45.